The van der Waals surface area contributed by atoms with E-state index in [-0.39, 0.29) is 11.9 Å². The summed E-state index contributed by atoms with van der Waals surface area (Å²) in [4.78, 5) is 11.1. The Morgan fingerprint density at radius 1 is 1.53 bits per heavy atom. The molecule has 19 heavy (non-hydrogen) atoms. The number of hydrogen-bond acceptors (Lipinski definition) is 3. The standard InChI is InChI=1S/C13H21ClN4O/c1-3-10-13(14)11(18(4-2)17-10)8-15-7-9-5-6-12(19)16-9/h9,15H,3-8H2,1-2H3,(H,16,19). The van der Waals surface area contributed by atoms with Crippen molar-refractivity contribution in [2.24, 2.45) is 0 Å². The molecule has 1 amide bonds. The van der Waals surface area contributed by atoms with Crippen LogP contribution in [0, 0.1) is 0 Å². The molecule has 0 aromatic carbocycles. The third-order valence-electron chi connectivity index (χ3n) is 3.46. The highest BCUT2D eigenvalue weighted by Crippen LogP contribution is 2.21. The molecule has 6 heteroatoms. The van der Waals surface area contributed by atoms with Gasteiger partial charge in [-0.05, 0) is 19.8 Å². The first-order chi connectivity index (χ1) is 9.15. The number of nitrogens with zero attached hydrogens (tertiary/aromatic N) is 2. The van der Waals surface area contributed by atoms with Gasteiger partial charge in [-0.2, -0.15) is 5.10 Å². The molecule has 1 aliphatic rings. The van der Waals surface area contributed by atoms with Gasteiger partial charge in [-0.25, -0.2) is 0 Å². The summed E-state index contributed by atoms with van der Waals surface area (Å²) in [6.45, 7) is 6.39. The number of amides is 1. The predicted molar refractivity (Wildman–Crippen MR) is 75.2 cm³/mol. The molecule has 2 N–H and O–H groups in total. The highest BCUT2D eigenvalue weighted by Gasteiger charge is 2.20. The van der Waals surface area contributed by atoms with Crippen LogP contribution in [-0.2, 0) is 24.3 Å². The molecule has 0 spiro atoms. The zero-order valence-corrected chi connectivity index (χ0v) is 12.3. The van der Waals surface area contributed by atoms with Crippen LogP contribution in [0.4, 0.5) is 0 Å². The lowest BCUT2D eigenvalue weighted by atomic mass is 10.2. The minimum absolute atomic E-state index is 0.150. The minimum atomic E-state index is 0.150. The van der Waals surface area contributed by atoms with Gasteiger partial charge in [0.2, 0.25) is 5.91 Å². The lowest BCUT2D eigenvalue weighted by Crippen LogP contribution is -2.35. The number of rotatable bonds is 6. The van der Waals surface area contributed by atoms with Crippen LogP contribution >= 0.6 is 11.6 Å². The summed E-state index contributed by atoms with van der Waals surface area (Å²) in [5.74, 6) is 0.150. The molecule has 106 valence electrons. The number of aromatic nitrogens is 2. The van der Waals surface area contributed by atoms with E-state index in [0.717, 1.165) is 42.3 Å². The summed E-state index contributed by atoms with van der Waals surface area (Å²) in [7, 11) is 0. The topological polar surface area (TPSA) is 59.0 Å². The lowest BCUT2D eigenvalue weighted by molar-refractivity contribution is -0.119. The number of carbonyl (C=O) groups excluding carboxylic acids is 1. The number of carbonyl (C=O) groups is 1. The molecule has 0 aliphatic carbocycles. The maximum absolute atomic E-state index is 11.1. The van der Waals surface area contributed by atoms with E-state index in [2.05, 4.69) is 29.6 Å². The second-order valence-electron chi connectivity index (χ2n) is 4.81. The highest BCUT2D eigenvalue weighted by atomic mass is 35.5. The van der Waals surface area contributed by atoms with Gasteiger partial charge in [0.05, 0.1) is 16.4 Å². The van der Waals surface area contributed by atoms with Crippen LogP contribution < -0.4 is 10.6 Å². The Morgan fingerprint density at radius 3 is 2.89 bits per heavy atom. The number of halogens is 1. The van der Waals surface area contributed by atoms with Crippen molar-refractivity contribution >= 4 is 17.5 Å². The van der Waals surface area contributed by atoms with E-state index in [0.29, 0.717) is 13.0 Å². The summed E-state index contributed by atoms with van der Waals surface area (Å²) in [5, 5.41) is 11.6. The first-order valence-electron chi connectivity index (χ1n) is 6.89. The molecule has 1 atom stereocenters. The molecule has 1 unspecified atom stereocenters. The van der Waals surface area contributed by atoms with Crippen molar-refractivity contribution in [1.29, 1.82) is 0 Å². The van der Waals surface area contributed by atoms with Crippen LogP contribution in [0.15, 0.2) is 0 Å². The average Bonchev–Trinajstić information content (AvgIpc) is 2.94. The third kappa shape index (κ3) is 3.28. The molecule has 2 rings (SSSR count). The zero-order chi connectivity index (χ0) is 13.8. The van der Waals surface area contributed by atoms with Gasteiger partial charge >= 0.3 is 0 Å². The predicted octanol–water partition coefficient (Wildman–Crippen LogP) is 1.49. The largest absolute Gasteiger partial charge is 0.352 e. The molecule has 1 aliphatic heterocycles. The zero-order valence-electron chi connectivity index (χ0n) is 11.5. The molecular weight excluding hydrogens is 264 g/mol. The van der Waals surface area contributed by atoms with E-state index in [9.17, 15) is 4.79 Å². The van der Waals surface area contributed by atoms with Crippen molar-refractivity contribution < 1.29 is 4.79 Å². The highest BCUT2D eigenvalue weighted by molar-refractivity contribution is 6.31. The van der Waals surface area contributed by atoms with Crippen molar-refractivity contribution in [3.8, 4) is 0 Å². The van der Waals surface area contributed by atoms with E-state index >= 15 is 0 Å². The van der Waals surface area contributed by atoms with Gasteiger partial charge in [-0.3, -0.25) is 9.48 Å². The average molecular weight is 285 g/mol. The van der Waals surface area contributed by atoms with Crippen molar-refractivity contribution in [3.05, 3.63) is 16.4 Å². The first kappa shape index (κ1) is 14.3. The van der Waals surface area contributed by atoms with Gasteiger partial charge in [0, 0.05) is 32.1 Å². The number of hydrogen-bond donors (Lipinski definition) is 2. The van der Waals surface area contributed by atoms with Crippen LogP contribution in [0.1, 0.15) is 38.1 Å². The molecule has 0 radical (unpaired) electrons. The summed E-state index contributed by atoms with van der Waals surface area (Å²) in [6.07, 6.45) is 2.39. The Hall–Kier alpha value is -1.07. The van der Waals surface area contributed by atoms with Gasteiger partial charge < -0.3 is 10.6 Å². The van der Waals surface area contributed by atoms with Gasteiger partial charge in [0.1, 0.15) is 0 Å². The van der Waals surface area contributed by atoms with Crippen LogP contribution in [0.2, 0.25) is 5.02 Å². The fraction of sp³-hybridized carbons (Fsp3) is 0.692. The van der Waals surface area contributed by atoms with Gasteiger partial charge in [-0.15, -0.1) is 0 Å². The third-order valence-corrected chi connectivity index (χ3v) is 3.90. The van der Waals surface area contributed by atoms with Gasteiger partial charge in [0.25, 0.3) is 0 Å². The molecule has 1 aromatic heterocycles. The molecule has 1 aromatic rings. The Morgan fingerprint density at radius 2 is 2.32 bits per heavy atom. The summed E-state index contributed by atoms with van der Waals surface area (Å²) < 4.78 is 1.95. The van der Waals surface area contributed by atoms with E-state index < -0.39 is 0 Å². The SMILES string of the molecule is CCc1nn(CC)c(CNCC2CCC(=O)N2)c1Cl. The Kier molecular flexibility index (Phi) is 4.82. The molecule has 0 saturated carbocycles. The Labute approximate surface area is 118 Å². The van der Waals surface area contributed by atoms with Crippen molar-refractivity contribution in [1.82, 2.24) is 20.4 Å². The van der Waals surface area contributed by atoms with Crippen molar-refractivity contribution in [3.63, 3.8) is 0 Å². The normalized spacial score (nSPS) is 18.9. The van der Waals surface area contributed by atoms with Crippen LogP contribution in [0.25, 0.3) is 0 Å². The summed E-state index contributed by atoms with van der Waals surface area (Å²) >= 11 is 6.33. The van der Waals surface area contributed by atoms with Crippen molar-refractivity contribution in [2.75, 3.05) is 6.54 Å². The van der Waals surface area contributed by atoms with E-state index in [1.165, 1.54) is 0 Å². The lowest BCUT2D eigenvalue weighted by Gasteiger charge is -2.12. The molecule has 2 heterocycles. The number of nitrogens with one attached hydrogen (secondary N) is 2. The van der Waals surface area contributed by atoms with Crippen LogP contribution in [0.3, 0.4) is 0 Å². The van der Waals surface area contributed by atoms with E-state index in [1.807, 2.05) is 4.68 Å². The molecule has 1 fully saturated rings. The Bertz CT molecular complexity index is 458. The smallest absolute Gasteiger partial charge is 0.220 e. The van der Waals surface area contributed by atoms with Gasteiger partial charge in [-0.1, -0.05) is 18.5 Å². The summed E-state index contributed by atoms with van der Waals surface area (Å²) in [5.41, 5.74) is 1.99. The van der Waals surface area contributed by atoms with E-state index in [4.69, 9.17) is 11.6 Å². The van der Waals surface area contributed by atoms with Crippen LogP contribution in [0.5, 0.6) is 0 Å². The summed E-state index contributed by atoms with van der Waals surface area (Å²) in [6, 6.07) is 0.245. The second kappa shape index (κ2) is 6.39. The molecular formula is C13H21ClN4O. The fourth-order valence-electron chi connectivity index (χ4n) is 2.38. The van der Waals surface area contributed by atoms with Gasteiger partial charge in [0.15, 0.2) is 0 Å². The fourth-order valence-corrected chi connectivity index (χ4v) is 2.72. The van der Waals surface area contributed by atoms with E-state index in [1.54, 1.807) is 0 Å². The number of aryl methyl sites for hydroxylation is 2. The maximum Gasteiger partial charge on any atom is 0.220 e. The minimum Gasteiger partial charge on any atom is -0.352 e. The van der Waals surface area contributed by atoms with Crippen LogP contribution in [-0.4, -0.2) is 28.3 Å². The monoisotopic (exact) mass is 284 g/mol. The maximum atomic E-state index is 11.1. The second-order valence-corrected chi connectivity index (χ2v) is 5.19. The molecule has 5 nitrogen and oxygen atoms in total. The first-order valence-corrected chi connectivity index (χ1v) is 7.27. The molecule has 1 saturated heterocycles. The van der Waals surface area contributed by atoms with Crippen molar-refractivity contribution in [2.45, 2.75) is 52.2 Å². The quantitative estimate of drug-likeness (QED) is 0.832. The Balaban J connectivity index is 1.91. The molecule has 0 bridgehead atoms.